The van der Waals surface area contributed by atoms with Crippen molar-refractivity contribution in [3.63, 3.8) is 0 Å². The van der Waals surface area contributed by atoms with E-state index in [1.807, 2.05) is 48.5 Å². The van der Waals surface area contributed by atoms with Gasteiger partial charge in [-0.3, -0.25) is 0 Å². The van der Waals surface area contributed by atoms with Gasteiger partial charge in [0.1, 0.15) is 10.3 Å². The van der Waals surface area contributed by atoms with Gasteiger partial charge in [-0.05, 0) is 51.7 Å². The smallest absolute Gasteiger partial charge is 0.162 e. The van der Waals surface area contributed by atoms with Crippen LogP contribution in [0.3, 0.4) is 0 Å². The highest BCUT2D eigenvalue weighted by Crippen LogP contribution is 2.34. The van der Waals surface area contributed by atoms with Gasteiger partial charge in [-0.15, -0.1) is 0 Å². The van der Waals surface area contributed by atoms with Crippen LogP contribution in [0.5, 0.6) is 11.5 Å². The van der Waals surface area contributed by atoms with Gasteiger partial charge in [-0.2, -0.15) is 0 Å². The molecule has 0 fully saturated rings. The number of ether oxygens (including phenoxy) is 2. The summed E-state index contributed by atoms with van der Waals surface area (Å²) in [5.41, 5.74) is 1.13. The molecule has 0 aliphatic heterocycles. The molecule has 0 unspecified atom stereocenters. The van der Waals surface area contributed by atoms with Gasteiger partial charge in [0.25, 0.3) is 0 Å². The average Bonchev–Trinajstić information content (AvgIpc) is 2.53. The Morgan fingerprint density at radius 3 is 2.62 bits per heavy atom. The molecule has 0 aliphatic carbocycles. The molecule has 1 heterocycles. The van der Waals surface area contributed by atoms with Crippen molar-refractivity contribution in [1.82, 2.24) is 4.98 Å². The quantitative estimate of drug-likeness (QED) is 0.487. The molecule has 3 aromatic rings. The number of halogens is 1. The van der Waals surface area contributed by atoms with Crippen LogP contribution < -0.4 is 9.47 Å². The van der Waals surface area contributed by atoms with Crippen LogP contribution in [-0.2, 0) is 6.61 Å². The molecule has 0 amide bonds. The van der Waals surface area contributed by atoms with Crippen molar-refractivity contribution in [2.75, 3.05) is 7.11 Å². The molecule has 0 radical (unpaired) electrons. The van der Waals surface area contributed by atoms with Gasteiger partial charge in [0.05, 0.1) is 7.11 Å². The summed E-state index contributed by atoms with van der Waals surface area (Å²) in [6, 6.07) is 16.0. The Hall–Kier alpha value is -1.82. The molecule has 3 nitrogen and oxygen atoms in total. The molecule has 0 spiro atoms. The lowest BCUT2D eigenvalue weighted by atomic mass is 10.1. The summed E-state index contributed by atoms with van der Waals surface area (Å²) in [5.74, 6) is 1.47. The standard InChI is InChI=1S/C17H14INO2/c1-20-15-10-14-13(7-8-19-17(14)18)9-16(15)21-11-12-5-3-2-4-6-12/h2-10H,11H2,1H3. The highest BCUT2D eigenvalue weighted by molar-refractivity contribution is 14.1. The van der Waals surface area contributed by atoms with Crippen LogP contribution >= 0.6 is 22.6 Å². The second-order valence-corrected chi connectivity index (χ2v) is 5.62. The van der Waals surface area contributed by atoms with E-state index < -0.39 is 0 Å². The van der Waals surface area contributed by atoms with Gasteiger partial charge in [0, 0.05) is 11.6 Å². The third kappa shape index (κ3) is 3.10. The lowest BCUT2D eigenvalue weighted by Crippen LogP contribution is -1.98. The van der Waals surface area contributed by atoms with E-state index in [-0.39, 0.29) is 0 Å². The maximum absolute atomic E-state index is 5.91. The van der Waals surface area contributed by atoms with Crippen molar-refractivity contribution in [2.45, 2.75) is 6.61 Å². The molecule has 0 saturated carbocycles. The number of pyridine rings is 1. The minimum absolute atomic E-state index is 0.519. The molecule has 1 aromatic heterocycles. The first kappa shape index (κ1) is 14.1. The maximum Gasteiger partial charge on any atom is 0.162 e. The predicted octanol–water partition coefficient (Wildman–Crippen LogP) is 4.43. The summed E-state index contributed by atoms with van der Waals surface area (Å²) in [6.45, 7) is 0.519. The largest absolute Gasteiger partial charge is 0.493 e. The molecule has 4 heteroatoms. The van der Waals surface area contributed by atoms with Crippen LogP contribution in [0.25, 0.3) is 10.8 Å². The normalized spacial score (nSPS) is 10.6. The minimum atomic E-state index is 0.519. The van der Waals surface area contributed by atoms with Gasteiger partial charge in [0.2, 0.25) is 0 Å². The number of hydrogen-bond donors (Lipinski definition) is 0. The van der Waals surface area contributed by atoms with Crippen LogP contribution in [0.15, 0.2) is 54.7 Å². The van der Waals surface area contributed by atoms with Crippen molar-refractivity contribution < 1.29 is 9.47 Å². The first-order chi connectivity index (χ1) is 10.3. The molecule has 3 rings (SSSR count). The fourth-order valence-electron chi connectivity index (χ4n) is 2.15. The third-order valence-electron chi connectivity index (χ3n) is 3.24. The number of rotatable bonds is 4. The van der Waals surface area contributed by atoms with Crippen molar-refractivity contribution in [2.24, 2.45) is 0 Å². The molecule has 0 atom stereocenters. The molecular weight excluding hydrogens is 377 g/mol. The van der Waals surface area contributed by atoms with Gasteiger partial charge in [-0.1, -0.05) is 30.3 Å². The SMILES string of the molecule is COc1cc2c(I)nccc2cc1OCc1ccccc1. The Kier molecular flexibility index (Phi) is 4.24. The van der Waals surface area contributed by atoms with Crippen LogP contribution in [0, 0.1) is 3.70 Å². The topological polar surface area (TPSA) is 31.4 Å². The molecule has 106 valence electrons. The molecule has 21 heavy (non-hydrogen) atoms. The van der Waals surface area contributed by atoms with E-state index in [9.17, 15) is 0 Å². The number of methoxy groups -OCH3 is 1. The summed E-state index contributed by atoms with van der Waals surface area (Å²) in [6.07, 6.45) is 1.80. The summed E-state index contributed by atoms with van der Waals surface area (Å²) in [7, 11) is 1.65. The Bertz CT molecular complexity index is 759. The summed E-state index contributed by atoms with van der Waals surface area (Å²) in [4.78, 5) is 4.30. The third-order valence-corrected chi connectivity index (χ3v) is 4.10. The van der Waals surface area contributed by atoms with Gasteiger partial charge in [-0.25, -0.2) is 4.98 Å². The maximum atomic E-state index is 5.91. The van der Waals surface area contributed by atoms with Gasteiger partial charge in [0.15, 0.2) is 11.5 Å². The molecule has 0 bridgehead atoms. The van der Waals surface area contributed by atoms with Crippen LogP contribution in [0.2, 0.25) is 0 Å². The fourth-order valence-corrected chi connectivity index (χ4v) is 2.78. The second kappa shape index (κ2) is 6.30. The Labute approximate surface area is 137 Å². The van der Waals surface area contributed by atoms with Gasteiger partial charge >= 0.3 is 0 Å². The highest BCUT2D eigenvalue weighted by atomic mass is 127. The monoisotopic (exact) mass is 391 g/mol. The highest BCUT2D eigenvalue weighted by Gasteiger charge is 2.09. The molecule has 0 saturated heterocycles. The number of benzene rings is 2. The number of fused-ring (bicyclic) bond motifs is 1. The van der Waals surface area contributed by atoms with Crippen LogP contribution in [-0.4, -0.2) is 12.1 Å². The zero-order valence-electron chi connectivity index (χ0n) is 11.5. The fraction of sp³-hybridized carbons (Fsp3) is 0.118. The van der Waals surface area contributed by atoms with Crippen molar-refractivity contribution >= 4 is 33.4 Å². The first-order valence-corrected chi connectivity index (χ1v) is 7.65. The average molecular weight is 391 g/mol. The van der Waals surface area contributed by atoms with Crippen LogP contribution in [0.1, 0.15) is 5.56 Å². The second-order valence-electron chi connectivity index (χ2n) is 4.60. The van der Waals surface area contributed by atoms with Gasteiger partial charge < -0.3 is 9.47 Å². The minimum Gasteiger partial charge on any atom is -0.493 e. The van der Waals surface area contributed by atoms with E-state index >= 15 is 0 Å². The first-order valence-electron chi connectivity index (χ1n) is 6.57. The Morgan fingerprint density at radius 1 is 1.05 bits per heavy atom. The van der Waals surface area contributed by atoms with Crippen LogP contribution in [0.4, 0.5) is 0 Å². The zero-order valence-corrected chi connectivity index (χ0v) is 13.7. The molecular formula is C17H14INO2. The van der Waals surface area contributed by atoms with E-state index in [2.05, 4.69) is 27.6 Å². The van der Waals surface area contributed by atoms with E-state index in [0.29, 0.717) is 6.61 Å². The Morgan fingerprint density at radius 2 is 1.86 bits per heavy atom. The molecule has 0 N–H and O–H groups in total. The lowest BCUT2D eigenvalue weighted by Gasteiger charge is -2.12. The summed E-state index contributed by atoms with van der Waals surface area (Å²) >= 11 is 2.23. The number of hydrogen-bond acceptors (Lipinski definition) is 3. The van der Waals surface area contributed by atoms with E-state index in [1.54, 1.807) is 13.3 Å². The van der Waals surface area contributed by atoms with E-state index in [4.69, 9.17) is 9.47 Å². The number of aromatic nitrogens is 1. The summed E-state index contributed by atoms with van der Waals surface area (Å²) < 4.78 is 12.3. The van der Waals surface area contributed by atoms with E-state index in [1.165, 1.54) is 0 Å². The number of nitrogens with zero attached hydrogens (tertiary/aromatic N) is 1. The molecule has 2 aromatic carbocycles. The molecule has 0 aliphatic rings. The van der Waals surface area contributed by atoms with Crippen molar-refractivity contribution in [3.05, 3.63) is 64.0 Å². The van der Waals surface area contributed by atoms with Crippen molar-refractivity contribution in [3.8, 4) is 11.5 Å². The zero-order chi connectivity index (χ0) is 14.7. The Balaban J connectivity index is 1.94. The van der Waals surface area contributed by atoms with Crippen molar-refractivity contribution in [1.29, 1.82) is 0 Å². The predicted molar refractivity (Wildman–Crippen MR) is 91.8 cm³/mol. The van der Waals surface area contributed by atoms with E-state index in [0.717, 1.165) is 31.5 Å². The lowest BCUT2D eigenvalue weighted by molar-refractivity contribution is 0.285. The summed E-state index contributed by atoms with van der Waals surface area (Å²) in [5, 5.41) is 2.17.